The Labute approximate surface area is 173 Å². The van der Waals surface area contributed by atoms with E-state index in [0.717, 1.165) is 29.0 Å². The SMILES string of the molecule is CCn1c(CSc2ccc(C)cc2)nnc1SCCOc1ccccc1Cl. The van der Waals surface area contributed by atoms with Crippen LogP contribution in [-0.4, -0.2) is 27.1 Å². The number of halogens is 1. The van der Waals surface area contributed by atoms with Crippen LogP contribution >= 0.6 is 35.1 Å². The number of hydrogen-bond donors (Lipinski definition) is 0. The molecule has 0 fully saturated rings. The second-order valence-electron chi connectivity index (χ2n) is 5.87. The molecule has 0 saturated carbocycles. The van der Waals surface area contributed by atoms with Crippen molar-refractivity contribution >= 4 is 35.1 Å². The van der Waals surface area contributed by atoms with Crippen molar-refractivity contribution in [3.63, 3.8) is 0 Å². The summed E-state index contributed by atoms with van der Waals surface area (Å²) in [7, 11) is 0. The van der Waals surface area contributed by atoms with Gasteiger partial charge < -0.3 is 9.30 Å². The fraction of sp³-hybridized carbons (Fsp3) is 0.300. The van der Waals surface area contributed by atoms with Crippen molar-refractivity contribution in [2.45, 2.75) is 36.2 Å². The number of rotatable bonds is 9. The Morgan fingerprint density at radius 1 is 1.04 bits per heavy atom. The minimum absolute atomic E-state index is 0.568. The third-order valence-electron chi connectivity index (χ3n) is 3.91. The Balaban J connectivity index is 1.52. The summed E-state index contributed by atoms with van der Waals surface area (Å²) >= 11 is 9.54. The Morgan fingerprint density at radius 2 is 1.81 bits per heavy atom. The molecule has 0 N–H and O–H groups in total. The van der Waals surface area contributed by atoms with Crippen LogP contribution in [0.15, 0.2) is 58.6 Å². The number of aryl methyl sites for hydroxylation is 1. The monoisotopic (exact) mass is 419 g/mol. The van der Waals surface area contributed by atoms with Gasteiger partial charge in [0.25, 0.3) is 0 Å². The molecule has 0 spiro atoms. The normalized spacial score (nSPS) is 10.9. The van der Waals surface area contributed by atoms with Crippen molar-refractivity contribution in [3.8, 4) is 5.75 Å². The molecule has 4 nitrogen and oxygen atoms in total. The number of nitrogens with zero attached hydrogens (tertiary/aromatic N) is 3. The van der Waals surface area contributed by atoms with E-state index in [2.05, 4.69) is 52.9 Å². The van der Waals surface area contributed by atoms with Gasteiger partial charge in [-0.2, -0.15) is 0 Å². The van der Waals surface area contributed by atoms with Crippen LogP contribution in [0.3, 0.4) is 0 Å². The van der Waals surface area contributed by atoms with Crippen molar-refractivity contribution < 1.29 is 4.74 Å². The van der Waals surface area contributed by atoms with E-state index < -0.39 is 0 Å². The van der Waals surface area contributed by atoms with E-state index in [-0.39, 0.29) is 0 Å². The molecule has 7 heteroatoms. The summed E-state index contributed by atoms with van der Waals surface area (Å²) in [6, 6.07) is 16.1. The van der Waals surface area contributed by atoms with Gasteiger partial charge in [0.1, 0.15) is 11.6 Å². The van der Waals surface area contributed by atoms with Gasteiger partial charge in [0.2, 0.25) is 0 Å². The number of benzene rings is 2. The van der Waals surface area contributed by atoms with Gasteiger partial charge in [-0.3, -0.25) is 0 Å². The minimum Gasteiger partial charge on any atom is -0.491 e. The minimum atomic E-state index is 0.568. The van der Waals surface area contributed by atoms with Crippen molar-refractivity contribution in [3.05, 3.63) is 64.9 Å². The van der Waals surface area contributed by atoms with Crippen LogP contribution in [0.25, 0.3) is 0 Å². The maximum absolute atomic E-state index is 6.10. The lowest BCUT2D eigenvalue weighted by Crippen LogP contribution is -2.05. The molecule has 0 saturated heterocycles. The highest BCUT2D eigenvalue weighted by molar-refractivity contribution is 7.99. The summed E-state index contributed by atoms with van der Waals surface area (Å²) in [6.45, 7) is 5.64. The van der Waals surface area contributed by atoms with E-state index in [1.54, 1.807) is 23.5 Å². The Hall–Kier alpha value is -1.63. The molecule has 2 aromatic carbocycles. The average Bonchev–Trinajstić information content (AvgIpc) is 3.08. The summed E-state index contributed by atoms with van der Waals surface area (Å²) in [4.78, 5) is 1.24. The third kappa shape index (κ3) is 5.67. The van der Waals surface area contributed by atoms with E-state index >= 15 is 0 Å². The fourth-order valence-corrected chi connectivity index (χ4v) is 4.35. The second-order valence-corrected chi connectivity index (χ2v) is 8.39. The van der Waals surface area contributed by atoms with Crippen molar-refractivity contribution in [1.29, 1.82) is 0 Å². The highest BCUT2D eigenvalue weighted by Gasteiger charge is 2.12. The maximum Gasteiger partial charge on any atom is 0.191 e. The highest BCUT2D eigenvalue weighted by Crippen LogP contribution is 2.26. The zero-order valence-electron chi connectivity index (χ0n) is 15.4. The molecule has 0 amide bonds. The molecule has 0 atom stereocenters. The average molecular weight is 420 g/mol. The number of para-hydroxylation sites is 1. The largest absolute Gasteiger partial charge is 0.491 e. The van der Waals surface area contributed by atoms with Crippen LogP contribution < -0.4 is 4.74 Å². The number of thioether (sulfide) groups is 2. The van der Waals surface area contributed by atoms with E-state index in [4.69, 9.17) is 16.3 Å². The lowest BCUT2D eigenvalue weighted by atomic mass is 10.2. The van der Waals surface area contributed by atoms with E-state index in [1.807, 2.05) is 24.3 Å². The standard InChI is InChI=1S/C20H22ClN3OS2/c1-3-24-19(14-27-16-10-8-15(2)9-11-16)22-23-20(24)26-13-12-25-18-7-5-4-6-17(18)21/h4-11H,3,12-14H2,1-2H3. The molecule has 1 aromatic heterocycles. The number of ether oxygens (including phenoxy) is 1. The molecular weight excluding hydrogens is 398 g/mol. The highest BCUT2D eigenvalue weighted by atomic mass is 35.5. The summed E-state index contributed by atoms with van der Waals surface area (Å²) in [5, 5.41) is 10.3. The Bertz CT molecular complexity index is 868. The molecule has 0 aliphatic rings. The topological polar surface area (TPSA) is 39.9 Å². The molecule has 142 valence electrons. The van der Waals surface area contributed by atoms with Gasteiger partial charge in [-0.25, -0.2) is 0 Å². The predicted molar refractivity (Wildman–Crippen MR) is 114 cm³/mol. The van der Waals surface area contributed by atoms with Crippen LogP contribution in [0.5, 0.6) is 5.75 Å². The fourth-order valence-electron chi connectivity index (χ4n) is 2.48. The predicted octanol–water partition coefficient (Wildman–Crippen LogP) is 5.72. The maximum atomic E-state index is 6.10. The molecule has 3 aromatic rings. The van der Waals surface area contributed by atoms with Crippen LogP contribution in [0, 0.1) is 6.92 Å². The Morgan fingerprint density at radius 3 is 2.56 bits per heavy atom. The van der Waals surface area contributed by atoms with E-state index in [9.17, 15) is 0 Å². The third-order valence-corrected chi connectivity index (χ3v) is 6.16. The zero-order valence-corrected chi connectivity index (χ0v) is 17.8. The quantitative estimate of drug-likeness (QED) is 0.327. The number of hydrogen-bond acceptors (Lipinski definition) is 5. The van der Waals surface area contributed by atoms with Gasteiger partial charge in [-0.05, 0) is 38.1 Å². The van der Waals surface area contributed by atoms with Crippen LogP contribution in [0.4, 0.5) is 0 Å². The summed E-state index contributed by atoms with van der Waals surface area (Å²) < 4.78 is 7.91. The van der Waals surface area contributed by atoms with Gasteiger partial charge in [-0.15, -0.1) is 22.0 Å². The van der Waals surface area contributed by atoms with Crippen LogP contribution in [0.2, 0.25) is 5.02 Å². The molecule has 0 radical (unpaired) electrons. The molecule has 0 aliphatic carbocycles. The first-order valence-electron chi connectivity index (χ1n) is 8.79. The molecule has 1 heterocycles. The lowest BCUT2D eigenvalue weighted by molar-refractivity contribution is 0.344. The Kier molecular flexibility index (Phi) is 7.50. The first-order valence-corrected chi connectivity index (χ1v) is 11.1. The van der Waals surface area contributed by atoms with Crippen molar-refractivity contribution in [2.24, 2.45) is 0 Å². The van der Waals surface area contributed by atoms with Crippen molar-refractivity contribution in [1.82, 2.24) is 14.8 Å². The van der Waals surface area contributed by atoms with Gasteiger partial charge >= 0.3 is 0 Å². The first-order chi connectivity index (χ1) is 13.2. The van der Waals surface area contributed by atoms with Crippen LogP contribution in [-0.2, 0) is 12.3 Å². The molecule has 0 unspecified atom stereocenters. The molecular formula is C20H22ClN3OS2. The lowest BCUT2D eigenvalue weighted by Gasteiger charge is -2.09. The van der Waals surface area contributed by atoms with Gasteiger partial charge in [0.05, 0.1) is 17.4 Å². The smallest absolute Gasteiger partial charge is 0.191 e. The van der Waals surface area contributed by atoms with E-state index in [1.165, 1.54) is 10.5 Å². The summed E-state index contributed by atoms with van der Waals surface area (Å²) in [5.41, 5.74) is 1.27. The number of aromatic nitrogens is 3. The zero-order chi connectivity index (χ0) is 19.1. The summed E-state index contributed by atoms with van der Waals surface area (Å²) in [5.74, 6) is 3.30. The second kappa shape index (κ2) is 10.1. The summed E-state index contributed by atoms with van der Waals surface area (Å²) in [6.07, 6.45) is 0. The van der Waals surface area contributed by atoms with E-state index in [0.29, 0.717) is 17.4 Å². The molecule has 0 aliphatic heterocycles. The first kappa shape index (κ1) is 20.1. The van der Waals surface area contributed by atoms with Gasteiger partial charge in [0.15, 0.2) is 5.16 Å². The van der Waals surface area contributed by atoms with Gasteiger partial charge in [0, 0.05) is 17.2 Å². The molecule has 3 rings (SSSR count). The van der Waals surface area contributed by atoms with Gasteiger partial charge in [-0.1, -0.05) is 53.2 Å². The molecule has 27 heavy (non-hydrogen) atoms. The molecule has 0 bridgehead atoms. The van der Waals surface area contributed by atoms with Crippen LogP contribution in [0.1, 0.15) is 18.3 Å². The van der Waals surface area contributed by atoms with Crippen molar-refractivity contribution in [2.75, 3.05) is 12.4 Å².